The number of likely N-dealkylation sites (tertiary alicyclic amines) is 1. The number of nitrogens with zero attached hydrogens (tertiary/aromatic N) is 4. The maximum absolute atomic E-state index is 5.56. The Bertz CT molecular complexity index is 662. The lowest BCUT2D eigenvalue weighted by atomic mass is 9.95. The van der Waals surface area contributed by atoms with E-state index in [1.165, 1.54) is 31.8 Å². The number of pyridine rings is 1. The van der Waals surface area contributed by atoms with Gasteiger partial charge >= 0.3 is 0 Å². The molecular formula is C18H26N4O. The third-order valence-electron chi connectivity index (χ3n) is 5.24. The number of aromatic nitrogens is 3. The van der Waals surface area contributed by atoms with E-state index in [2.05, 4.69) is 27.6 Å². The minimum atomic E-state index is 0.599. The highest BCUT2D eigenvalue weighted by Crippen LogP contribution is 2.24. The van der Waals surface area contributed by atoms with E-state index in [1.807, 2.05) is 12.3 Å². The van der Waals surface area contributed by atoms with Crippen molar-refractivity contribution in [3.05, 3.63) is 24.2 Å². The van der Waals surface area contributed by atoms with Gasteiger partial charge in [-0.1, -0.05) is 0 Å². The summed E-state index contributed by atoms with van der Waals surface area (Å²) in [5.41, 5.74) is 2.07. The molecule has 4 heterocycles. The molecule has 0 aliphatic carbocycles. The zero-order valence-corrected chi connectivity index (χ0v) is 13.9. The van der Waals surface area contributed by atoms with Crippen LogP contribution in [-0.2, 0) is 17.7 Å². The second kappa shape index (κ2) is 6.57. The molecule has 2 aliphatic heterocycles. The van der Waals surface area contributed by atoms with Crippen LogP contribution in [0, 0.1) is 11.8 Å². The van der Waals surface area contributed by atoms with Gasteiger partial charge in [0.05, 0.1) is 6.61 Å². The Morgan fingerprint density at radius 3 is 3.09 bits per heavy atom. The predicted molar refractivity (Wildman–Crippen MR) is 90.4 cm³/mol. The van der Waals surface area contributed by atoms with Crippen LogP contribution in [0.5, 0.6) is 0 Å². The van der Waals surface area contributed by atoms with E-state index < -0.39 is 0 Å². The largest absolute Gasteiger partial charge is 0.381 e. The molecule has 2 aromatic rings. The van der Waals surface area contributed by atoms with E-state index in [0.717, 1.165) is 43.8 Å². The van der Waals surface area contributed by atoms with Gasteiger partial charge in [0.25, 0.3) is 0 Å². The fourth-order valence-corrected chi connectivity index (χ4v) is 4.04. The molecule has 5 heteroatoms. The van der Waals surface area contributed by atoms with Gasteiger partial charge < -0.3 is 14.2 Å². The average molecular weight is 314 g/mol. The van der Waals surface area contributed by atoms with Crippen LogP contribution in [0.4, 0.5) is 0 Å². The van der Waals surface area contributed by atoms with Crippen LogP contribution >= 0.6 is 0 Å². The normalized spacial score (nSPS) is 26.1. The van der Waals surface area contributed by atoms with Crippen molar-refractivity contribution in [1.82, 2.24) is 19.4 Å². The van der Waals surface area contributed by atoms with Crippen LogP contribution in [0.3, 0.4) is 0 Å². The summed E-state index contributed by atoms with van der Waals surface area (Å²) in [6.45, 7) is 5.17. The van der Waals surface area contributed by atoms with Crippen molar-refractivity contribution in [3.8, 4) is 0 Å². The zero-order chi connectivity index (χ0) is 15.6. The van der Waals surface area contributed by atoms with E-state index in [1.54, 1.807) is 0 Å². The Kier molecular flexibility index (Phi) is 4.31. The van der Waals surface area contributed by atoms with Crippen molar-refractivity contribution in [2.24, 2.45) is 11.8 Å². The number of piperidine rings is 1. The lowest BCUT2D eigenvalue weighted by Crippen LogP contribution is -2.33. The number of ether oxygens (including phenoxy) is 1. The molecule has 23 heavy (non-hydrogen) atoms. The van der Waals surface area contributed by atoms with Crippen molar-refractivity contribution in [3.63, 3.8) is 0 Å². The molecule has 2 unspecified atom stereocenters. The molecule has 0 N–H and O–H groups in total. The molecule has 0 amide bonds. The standard InChI is InChI=1S/C18H26N4O/c1-21-8-3-4-14(11-21)10-17-20-16-5-2-7-19-18(16)22(17)12-15-6-9-23-13-15/h2,5,7,14-15H,3-4,6,8-13H2,1H3. The Labute approximate surface area is 137 Å². The molecule has 2 aromatic heterocycles. The average Bonchev–Trinajstić information content (AvgIpc) is 3.17. The van der Waals surface area contributed by atoms with E-state index in [4.69, 9.17) is 9.72 Å². The molecule has 0 aromatic carbocycles. The van der Waals surface area contributed by atoms with Crippen LogP contribution in [0.15, 0.2) is 18.3 Å². The number of hydrogen-bond acceptors (Lipinski definition) is 4. The first-order chi connectivity index (χ1) is 11.3. The molecule has 0 bridgehead atoms. The highest BCUT2D eigenvalue weighted by atomic mass is 16.5. The van der Waals surface area contributed by atoms with Gasteiger partial charge in [-0.15, -0.1) is 0 Å². The van der Waals surface area contributed by atoms with Crippen LogP contribution in [0.25, 0.3) is 11.2 Å². The summed E-state index contributed by atoms with van der Waals surface area (Å²) in [5.74, 6) is 2.53. The number of fused-ring (bicyclic) bond motifs is 1. The van der Waals surface area contributed by atoms with Gasteiger partial charge in [-0.25, -0.2) is 9.97 Å². The van der Waals surface area contributed by atoms with Crippen LogP contribution in [-0.4, -0.2) is 52.8 Å². The summed E-state index contributed by atoms with van der Waals surface area (Å²) < 4.78 is 7.93. The Morgan fingerprint density at radius 2 is 2.26 bits per heavy atom. The fraction of sp³-hybridized carbons (Fsp3) is 0.667. The maximum Gasteiger partial charge on any atom is 0.159 e. The molecule has 5 nitrogen and oxygen atoms in total. The van der Waals surface area contributed by atoms with Crippen molar-refractivity contribution in [2.75, 3.05) is 33.4 Å². The first kappa shape index (κ1) is 15.1. The smallest absolute Gasteiger partial charge is 0.159 e. The topological polar surface area (TPSA) is 43.2 Å². The summed E-state index contributed by atoms with van der Waals surface area (Å²) in [6, 6.07) is 4.07. The van der Waals surface area contributed by atoms with Crippen molar-refractivity contribution in [2.45, 2.75) is 32.2 Å². The first-order valence-corrected chi connectivity index (χ1v) is 8.86. The third kappa shape index (κ3) is 3.26. The van der Waals surface area contributed by atoms with E-state index in [0.29, 0.717) is 11.8 Å². The van der Waals surface area contributed by atoms with Crippen molar-refractivity contribution >= 4 is 11.2 Å². The number of hydrogen-bond donors (Lipinski definition) is 0. The van der Waals surface area contributed by atoms with Crippen molar-refractivity contribution < 1.29 is 4.74 Å². The van der Waals surface area contributed by atoms with Gasteiger partial charge in [0, 0.05) is 38.2 Å². The monoisotopic (exact) mass is 314 g/mol. The second-order valence-corrected chi connectivity index (χ2v) is 7.19. The molecule has 0 radical (unpaired) electrons. The van der Waals surface area contributed by atoms with E-state index >= 15 is 0 Å². The van der Waals surface area contributed by atoms with E-state index in [-0.39, 0.29) is 0 Å². The Balaban J connectivity index is 1.61. The van der Waals surface area contributed by atoms with Crippen molar-refractivity contribution in [1.29, 1.82) is 0 Å². The Hall–Kier alpha value is -1.46. The van der Waals surface area contributed by atoms with Gasteiger partial charge in [-0.3, -0.25) is 0 Å². The minimum absolute atomic E-state index is 0.599. The van der Waals surface area contributed by atoms with Gasteiger partial charge in [-0.2, -0.15) is 0 Å². The molecule has 2 saturated heterocycles. The zero-order valence-electron chi connectivity index (χ0n) is 13.9. The molecular weight excluding hydrogens is 288 g/mol. The van der Waals surface area contributed by atoms with Gasteiger partial charge in [0.15, 0.2) is 5.65 Å². The third-order valence-corrected chi connectivity index (χ3v) is 5.24. The quantitative estimate of drug-likeness (QED) is 0.869. The first-order valence-electron chi connectivity index (χ1n) is 8.86. The molecule has 2 aliphatic rings. The molecule has 124 valence electrons. The maximum atomic E-state index is 5.56. The van der Waals surface area contributed by atoms with Gasteiger partial charge in [-0.05, 0) is 50.9 Å². The van der Waals surface area contributed by atoms with Crippen LogP contribution in [0.2, 0.25) is 0 Å². The van der Waals surface area contributed by atoms with Crippen LogP contribution < -0.4 is 0 Å². The minimum Gasteiger partial charge on any atom is -0.381 e. The highest BCUT2D eigenvalue weighted by Gasteiger charge is 2.23. The Morgan fingerprint density at radius 1 is 1.30 bits per heavy atom. The second-order valence-electron chi connectivity index (χ2n) is 7.19. The molecule has 2 fully saturated rings. The predicted octanol–water partition coefficient (Wildman–Crippen LogP) is 2.35. The van der Waals surface area contributed by atoms with Crippen LogP contribution in [0.1, 0.15) is 25.1 Å². The lowest BCUT2D eigenvalue weighted by Gasteiger charge is -2.29. The van der Waals surface area contributed by atoms with E-state index in [9.17, 15) is 0 Å². The SMILES string of the molecule is CN1CCCC(Cc2nc3cccnc3n2CC2CCOC2)C1. The molecule has 0 spiro atoms. The highest BCUT2D eigenvalue weighted by molar-refractivity contribution is 5.71. The van der Waals surface area contributed by atoms with Gasteiger partial charge in [0.2, 0.25) is 0 Å². The number of rotatable bonds is 4. The fourth-order valence-electron chi connectivity index (χ4n) is 4.04. The summed E-state index contributed by atoms with van der Waals surface area (Å²) in [5, 5.41) is 0. The summed E-state index contributed by atoms with van der Waals surface area (Å²) in [7, 11) is 2.23. The summed E-state index contributed by atoms with van der Waals surface area (Å²) in [6.07, 6.45) is 6.71. The van der Waals surface area contributed by atoms with Gasteiger partial charge in [0.1, 0.15) is 11.3 Å². The number of imidazole rings is 1. The summed E-state index contributed by atoms with van der Waals surface area (Å²) in [4.78, 5) is 12.0. The lowest BCUT2D eigenvalue weighted by molar-refractivity contribution is 0.182. The molecule has 4 rings (SSSR count). The summed E-state index contributed by atoms with van der Waals surface area (Å²) >= 11 is 0. The molecule has 2 atom stereocenters. The molecule has 0 saturated carbocycles.